The van der Waals surface area contributed by atoms with Gasteiger partial charge >= 0.3 is 0 Å². The van der Waals surface area contributed by atoms with Gasteiger partial charge in [-0.25, -0.2) is 0 Å². The Morgan fingerprint density at radius 1 is 1.21 bits per heavy atom. The molecular formula is C22H23N3O3. The molecule has 3 saturated heterocycles. The van der Waals surface area contributed by atoms with Crippen LogP contribution < -0.4 is 0 Å². The number of hydrogen-bond donors (Lipinski definition) is 0. The summed E-state index contributed by atoms with van der Waals surface area (Å²) in [6.07, 6.45) is 5.65. The molecule has 0 radical (unpaired) electrons. The maximum absolute atomic E-state index is 12.9. The van der Waals surface area contributed by atoms with Crippen LogP contribution in [0.5, 0.6) is 0 Å². The Balaban J connectivity index is 1.33. The molecule has 0 N–H and O–H groups in total. The van der Waals surface area contributed by atoms with Crippen molar-refractivity contribution in [3.8, 4) is 0 Å². The number of nitrogens with zero attached hydrogens (tertiary/aromatic N) is 3. The summed E-state index contributed by atoms with van der Waals surface area (Å²) >= 11 is 0. The molecule has 3 aliphatic heterocycles. The second kappa shape index (κ2) is 6.71. The smallest absolute Gasteiger partial charge is 0.227 e. The van der Waals surface area contributed by atoms with Crippen LogP contribution in [0.4, 0.5) is 0 Å². The minimum atomic E-state index is -0.651. The molecule has 6 nitrogen and oxygen atoms in total. The van der Waals surface area contributed by atoms with Crippen LogP contribution >= 0.6 is 0 Å². The first-order valence-corrected chi connectivity index (χ1v) is 9.88. The second-order valence-corrected chi connectivity index (χ2v) is 7.76. The van der Waals surface area contributed by atoms with E-state index in [1.165, 1.54) is 0 Å². The average molecular weight is 377 g/mol. The minimum Gasteiger partial charge on any atom is -0.351 e. The van der Waals surface area contributed by atoms with Crippen LogP contribution in [0.15, 0.2) is 54.9 Å². The van der Waals surface area contributed by atoms with Gasteiger partial charge in [-0.05, 0) is 23.6 Å². The summed E-state index contributed by atoms with van der Waals surface area (Å²) in [5.74, 6) is 0.174. The molecule has 1 spiro atoms. The van der Waals surface area contributed by atoms with Crippen LogP contribution in [-0.4, -0.2) is 51.5 Å². The van der Waals surface area contributed by atoms with Crippen LogP contribution in [0.1, 0.15) is 36.4 Å². The molecule has 5 rings (SSSR count). The molecule has 2 amide bonds. The van der Waals surface area contributed by atoms with Crippen molar-refractivity contribution < 1.29 is 14.3 Å². The SMILES string of the molecule is O=C(CCc1cccnc1)N1CC[C@@]23OC[C@@H](c4ccccc4)N2C(=O)C[C@@H]13. The summed E-state index contributed by atoms with van der Waals surface area (Å²) in [5, 5.41) is 0. The van der Waals surface area contributed by atoms with Crippen molar-refractivity contribution >= 4 is 11.8 Å². The lowest BCUT2D eigenvalue weighted by Crippen LogP contribution is -2.49. The van der Waals surface area contributed by atoms with Crippen LogP contribution in [-0.2, 0) is 20.7 Å². The lowest BCUT2D eigenvalue weighted by molar-refractivity contribution is -0.141. The van der Waals surface area contributed by atoms with E-state index in [9.17, 15) is 9.59 Å². The fourth-order valence-electron chi connectivity index (χ4n) is 5.01. The van der Waals surface area contributed by atoms with Crippen LogP contribution in [0.3, 0.4) is 0 Å². The Bertz CT molecular complexity index is 888. The molecule has 1 aromatic heterocycles. The van der Waals surface area contributed by atoms with E-state index in [4.69, 9.17) is 4.74 Å². The van der Waals surface area contributed by atoms with Gasteiger partial charge in [0.05, 0.1) is 25.1 Å². The molecule has 0 unspecified atom stereocenters. The van der Waals surface area contributed by atoms with Gasteiger partial charge in [0.25, 0.3) is 0 Å². The van der Waals surface area contributed by atoms with E-state index in [0.29, 0.717) is 38.8 Å². The van der Waals surface area contributed by atoms with E-state index >= 15 is 0 Å². The Hall–Kier alpha value is -2.73. The van der Waals surface area contributed by atoms with Crippen molar-refractivity contribution in [1.29, 1.82) is 0 Å². The maximum atomic E-state index is 12.9. The van der Waals surface area contributed by atoms with Gasteiger partial charge in [0.2, 0.25) is 11.8 Å². The molecule has 6 heteroatoms. The summed E-state index contributed by atoms with van der Waals surface area (Å²) in [6, 6.07) is 13.6. The largest absolute Gasteiger partial charge is 0.351 e. The number of benzene rings is 1. The van der Waals surface area contributed by atoms with Gasteiger partial charge in [-0.1, -0.05) is 36.4 Å². The van der Waals surface area contributed by atoms with Gasteiger partial charge in [0, 0.05) is 31.8 Å². The molecule has 0 bridgehead atoms. The van der Waals surface area contributed by atoms with E-state index in [1.807, 2.05) is 52.3 Å². The highest BCUT2D eigenvalue weighted by molar-refractivity contribution is 5.85. The number of hydrogen-bond acceptors (Lipinski definition) is 4. The lowest BCUT2D eigenvalue weighted by atomic mass is 10.0. The van der Waals surface area contributed by atoms with E-state index in [1.54, 1.807) is 12.4 Å². The van der Waals surface area contributed by atoms with Gasteiger partial charge in [-0.3, -0.25) is 14.6 Å². The molecule has 28 heavy (non-hydrogen) atoms. The first kappa shape index (κ1) is 17.4. The Labute approximate surface area is 164 Å². The normalized spacial score (nSPS) is 28.5. The Morgan fingerprint density at radius 3 is 2.86 bits per heavy atom. The minimum absolute atomic E-state index is 0.0656. The molecule has 3 fully saturated rings. The summed E-state index contributed by atoms with van der Waals surface area (Å²) in [5.41, 5.74) is 1.49. The zero-order valence-corrected chi connectivity index (χ0v) is 15.7. The molecule has 4 heterocycles. The number of carbonyl (C=O) groups is 2. The summed E-state index contributed by atoms with van der Waals surface area (Å²) < 4.78 is 6.27. The van der Waals surface area contributed by atoms with Crippen molar-refractivity contribution in [2.75, 3.05) is 13.2 Å². The first-order valence-electron chi connectivity index (χ1n) is 9.88. The zero-order valence-electron chi connectivity index (χ0n) is 15.7. The first-order chi connectivity index (χ1) is 13.7. The standard InChI is InChI=1S/C22H23N3O3/c26-20(9-8-16-5-4-11-23-14-16)24-12-10-22-19(24)13-21(27)25(22)18(15-28-22)17-6-2-1-3-7-17/h1-7,11,14,18-19H,8-10,12-13,15H2/t18-,19+,22-/m0/s1. The molecule has 0 aliphatic carbocycles. The molecular weight excluding hydrogens is 354 g/mol. The Kier molecular flexibility index (Phi) is 4.16. The molecule has 1 aromatic carbocycles. The van der Waals surface area contributed by atoms with Gasteiger partial charge in [-0.15, -0.1) is 0 Å². The Morgan fingerprint density at radius 2 is 2.07 bits per heavy atom. The highest BCUT2D eigenvalue weighted by Gasteiger charge is 2.65. The monoisotopic (exact) mass is 377 g/mol. The predicted octanol–water partition coefficient (Wildman–Crippen LogP) is 2.32. The number of carbonyl (C=O) groups excluding carboxylic acids is 2. The van der Waals surface area contributed by atoms with E-state index in [-0.39, 0.29) is 23.9 Å². The quantitative estimate of drug-likeness (QED) is 0.820. The average Bonchev–Trinajstić information content (AvgIpc) is 3.36. The number of aromatic nitrogens is 1. The third kappa shape index (κ3) is 2.63. The van der Waals surface area contributed by atoms with Gasteiger partial charge in [0.15, 0.2) is 5.72 Å². The van der Waals surface area contributed by atoms with Crippen molar-refractivity contribution in [1.82, 2.24) is 14.8 Å². The van der Waals surface area contributed by atoms with Crippen molar-refractivity contribution in [2.45, 2.75) is 43.5 Å². The summed E-state index contributed by atoms with van der Waals surface area (Å²) in [4.78, 5) is 33.7. The third-order valence-corrected chi connectivity index (χ3v) is 6.31. The fraction of sp³-hybridized carbons (Fsp3) is 0.409. The van der Waals surface area contributed by atoms with Gasteiger partial charge in [0.1, 0.15) is 0 Å². The number of aryl methyl sites for hydroxylation is 1. The third-order valence-electron chi connectivity index (χ3n) is 6.31. The number of ether oxygens (including phenoxy) is 1. The highest BCUT2D eigenvalue weighted by atomic mass is 16.5. The van der Waals surface area contributed by atoms with Crippen molar-refractivity contribution in [2.24, 2.45) is 0 Å². The van der Waals surface area contributed by atoms with E-state index in [2.05, 4.69) is 4.98 Å². The van der Waals surface area contributed by atoms with Crippen molar-refractivity contribution in [3.05, 3.63) is 66.0 Å². The number of rotatable bonds is 4. The van der Waals surface area contributed by atoms with Gasteiger partial charge in [-0.2, -0.15) is 0 Å². The van der Waals surface area contributed by atoms with E-state index < -0.39 is 5.72 Å². The number of likely N-dealkylation sites (tertiary alicyclic amines) is 1. The fourth-order valence-corrected chi connectivity index (χ4v) is 5.01. The van der Waals surface area contributed by atoms with E-state index in [0.717, 1.165) is 11.1 Å². The van der Waals surface area contributed by atoms with Crippen LogP contribution in [0, 0.1) is 0 Å². The number of pyridine rings is 1. The summed E-state index contributed by atoms with van der Waals surface area (Å²) in [7, 11) is 0. The topological polar surface area (TPSA) is 62.7 Å². The second-order valence-electron chi connectivity index (χ2n) is 7.76. The highest BCUT2D eigenvalue weighted by Crippen LogP contribution is 2.51. The molecule has 3 aliphatic rings. The van der Waals surface area contributed by atoms with Crippen molar-refractivity contribution in [3.63, 3.8) is 0 Å². The predicted molar refractivity (Wildman–Crippen MR) is 102 cm³/mol. The molecule has 2 aromatic rings. The molecule has 144 valence electrons. The summed E-state index contributed by atoms with van der Waals surface area (Å²) in [6.45, 7) is 1.13. The van der Waals surface area contributed by atoms with Crippen LogP contribution in [0.25, 0.3) is 0 Å². The maximum Gasteiger partial charge on any atom is 0.227 e. The number of amides is 2. The molecule has 3 atom stereocenters. The zero-order chi connectivity index (χ0) is 19.1. The molecule has 0 saturated carbocycles. The van der Waals surface area contributed by atoms with Crippen LogP contribution in [0.2, 0.25) is 0 Å². The van der Waals surface area contributed by atoms with Gasteiger partial charge < -0.3 is 14.5 Å². The lowest BCUT2D eigenvalue weighted by Gasteiger charge is -2.33.